The average molecular weight is 320 g/mol. The standard InChI is InChI=1S/C16H21BO6/c1-4-12(18)9-11-8-10-6-7-13(21-3)14(16(19)22-5-2)15(10)23-17(11)20/h6-7,11,20H,4-5,8-9H2,1-3H3/t11-/m1/s1. The highest BCUT2D eigenvalue weighted by Crippen LogP contribution is 2.40. The summed E-state index contributed by atoms with van der Waals surface area (Å²) in [5, 5.41) is 10.2. The first kappa shape index (κ1) is 17.3. The molecular weight excluding hydrogens is 299 g/mol. The first-order chi connectivity index (χ1) is 11.0. The van der Waals surface area contributed by atoms with Gasteiger partial charge in [0.15, 0.2) is 0 Å². The number of hydrogen-bond donors (Lipinski definition) is 1. The van der Waals surface area contributed by atoms with E-state index < -0.39 is 13.1 Å². The van der Waals surface area contributed by atoms with Crippen molar-refractivity contribution < 1.29 is 28.7 Å². The van der Waals surface area contributed by atoms with Gasteiger partial charge in [-0.05, 0) is 25.0 Å². The minimum Gasteiger partial charge on any atom is -0.535 e. The van der Waals surface area contributed by atoms with Gasteiger partial charge in [0.05, 0.1) is 13.7 Å². The summed E-state index contributed by atoms with van der Waals surface area (Å²) in [4.78, 5) is 23.8. The van der Waals surface area contributed by atoms with Crippen molar-refractivity contribution in [3.05, 3.63) is 23.3 Å². The number of Topliss-reactive ketones (excluding diaryl/α,β-unsaturated/α-hetero) is 1. The number of ether oxygens (including phenoxy) is 2. The summed E-state index contributed by atoms with van der Waals surface area (Å²) >= 11 is 0. The third-order valence-electron chi connectivity index (χ3n) is 3.91. The molecule has 1 aliphatic rings. The van der Waals surface area contributed by atoms with Gasteiger partial charge in [0.25, 0.3) is 0 Å². The Morgan fingerprint density at radius 1 is 1.39 bits per heavy atom. The zero-order valence-corrected chi connectivity index (χ0v) is 13.6. The number of carbonyl (C=O) groups excluding carboxylic acids is 2. The molecule has 124 valence electrons. The lowest BCUT2D eigenvalue weighted by atomic mass is 9.64. The van der Waals surface area contributed by atoms with Gasteiger partial charge in [-0.1, -0.05) is 13.0 Å². The molecule has 0 aromatic heterocycles. The maximum atomic E-state index is 12.2. The van der Waals surface area contributed by atoms with E-state index in [0.717, 1.165) is 5.56 Å². The Kier molecular flexibility index (Phi) is 5.66. The molecular formula is C16H21BO6. The Morgan fingerprint density at radius 2 is 2.13 bits per heavy atom. The first-order valence-corrected chi connectivity index (χ1v) is 7.75. The van der Waals surface area contributed by atoms with E-state index in [2.05, 4.69) is 0 Å². The second-order valence-corrected chi connectivity index (χ2v) is 5.42. The summed E-state index contributed by atoms with van der Waals surface area (Å²) in [7, 11) is 0.310. The molecule has 0 bridgehead atoms. The fraction of sp³-hybridized carbons (Fsp3) is 0.500. The van der Waals surface area contributed by atoms with Crippen LogP contribution in [-0.2, 0) is 16.0 Å². The van der Waals surface area contributed by atoms with Gasteiger partial charge in [0.1, 0.15) is 22.8 Å². The number of benzene rings is 1. The lowest BCUT2D eigenvalue weighted by molar-refractivity contribution is -0.118. The van der Waals surface area contributed by atoms with Gasteiger partial charge in [0.2, 0.25) is 0 Å². The first-order valence-electron chi connectivity index (χ1n) is 7.75. The van der Waals surface area contributed by atoms with Crippen LogP contribution in [0.25, 0.3) is 0 Å². The van der Waals surface area contributed by atoms with E-state index in [9.17, 15) is 14.6 Å². The van der Waals surface area contributed by atoms with E-state index in [-0.39, 0.29) is 35.9 Å². The molecule has 1 aromatic rings. The second-order valence-electron chi connectivity index (χ2n) is 5.42. The van der Waals surface area contributed by atoms with Crippen LogP contribution in [0.3, 0.4) is 0 Å². The third kappa shape index (κ3) is 3.67. The summed E-state index contributed by atoms with van der Waals surface area (Å²) in [6.45, 7) is 3.72. The predicted octanol–water partition coefficient (Wildman–Crippen LogP) is 2.03. The van der Waals surface area contributed by atoms with E-state index in [1.165, 1.54) is 7.11 Å². The Labute approximate surface area is 135 Å². The molecule has 0 aliphatic carbocycles. The summed E-state index contributed by atoms with van der Waals surface area (Å²) in [6, 6.07) is 3.46. The summed E-state index contributed by atoms with van der Waals surface area (Å²) in [6.07, 6.45) is 1.13. The fourth-order valence-electron chi connectivity index (χ4n) is 2.68. The van der Waals surface area contributed by atoms with Crippen LogP contribution in [0.4, 0.5) is 0 Å². The lowest BCUT2D eigenvalue weighted by Gasteiger charge is -2.28. The molecule has 23 heavy (non-hydrogen) atoms. The van der Waals surface area contributed by atoms with Crippen LogP contribution in [-0.4, -0.2) is 37.6 Å². The summed E-state index contributed by atoms with van der Waals surface area (Å²) < 4.78 is 15.8. The molecule has 1 N–H and O–H groups in total. The van der Waals surface area contributed by atoms with Crippen molar-refractivity contribution >= 4 is 18.9 Å². The van der Waals surface area contributed by atoms with Crippen molar-refractivity contribution in [3.8, 4) is 11.5 Å². The van der Waals surface area contributed by atoms with Crippen LogP contribution in [0, 0.1) is 0 Å². The highest BCUT2D eigenvalue weighted by atomic mass is 16.5. The summed E-state index contributed by atoms with van der Waals surface area (Å²) in [5.74, 6) is -0.205. The molecule has 0 amide bonds. The van der Waals surface area contributed by atoms with Gasteiger partial charge >= 0.3 is 13.1 Å². The van der Waals surface area contributed by atoms with Crippen molar-refractivity contribution in [2.24, 2.45) is 0 Å². The molecule has 0 fully saturated rings. The second kappa shape index (κ2) is 7.50. The molecule has 1 aliphatic heterocycles. The molecule has 0 saturated carbocycles. The molecule has 0 spiro atoms. The Balaban J connectivity index is 2.37. The Hall–Kier alpha value is -2.02. The van der Waals surface area contributed by atoms with Crippen molar-refractivity contribution in [3.63, 3.8) is 0 Å². The van der Waals surface area contributed by atoms with E-state index in [0.29, 0.717) is 18.6 Å². The Morgan fingerprint density at radius 3 is 2.74 bits per heavy atom. The van der Waals surface area contributed by atoms with Gasteiger partial charge in [-0.25, -0.2) is 4.79 Å². The highest BCUT2D eigenvalue weighted by molar-refractivity contribution is 6.47. The molecule has 0 unspecified atom stereocenters. The zero-order valence-electron chi connectivity index (χ0n) is 13.6. The van der Waals surface area contributed by atoms with Crippen molar-refractivity contribution in [1.82, 2.24) is 0 Å². The summed E-state index contributed by atoms with van der Waals surface area (Å²) in [5.41, 5.74) is 0.930. The number of esters is 1. The molecule has 1 heterocycles. The number of hydrogen-bond acceptors (Lipinski definition) is 6. The molecule has 0 saturated heterocycles. The normalized spacial score (nSPS) is 16.3. The molecule has 6 nitrogen and oxygen atoms in total. The molecule has 1 aromatic carbocycles. The predicted molar refractivity (Wildman–Crippen MR) is 84.9 cm³/mol. The quantitative estimate of drug-likeness (QED) is 0.638. The molecule has 0 radical (unpaired) electrons. The van der Waals surface area contributed by atoms with Crippen molar-refractivity contribution in [2.45, 2.75) is 38.9 Å². The van der Waals surface area contributed by atoms with Crippen LogP contribution in [0.2, 0.25) is 5.82 Å². The van der Waals surface area contributed by atoms with Crippen molar-refractivity contribution in [2.75, 3.05) is 13.7 Å². The number of fused-ring (bicyclic) bond motifs is 1. The van der Waals surface area contributed by atoms with Gasteiger partial charge in [-0.2, -0.15) is 0 Å². The maximum absolute atomic E-state index is 12.2. The van der Waals surface area contributed by atoms with Crippen LogP contribution in [0.1, 0.15) is 42.6 Å². The maximum Gasteiger partial charge on any atom is 0.526 e. The SMILES string of the molecule is CCOC(=O)c1c(OC)ccc2c1OB(O)[C@@H](CC(=O)CC)C2. The largest absolute Gasteiger partial charge is 0.535 e. The monoisotopic (exact) mass is 320 g/mol. The third-order valence-corrected chi connectivity index (χ3v) is 3.91. The minimum atomic E-state index is -1.14. The van der Waals surface area contributed by atoms with Crippen LogP contribution >= 0.6 is 0 Å². The van der Waals surface area contributed by atoms with Gasteiger partial charge in [0, 0.05) is 18.7 Å². The van der Waals surface area contributed by atoms with E-state index >= 15 is 0 Å². The van der Waals surface area contributed by atoms with Crippen LogP contribution in [0.15, 0.2) is 12.1 Å². The molecule has 2 rings (SSSR count). The molecule has 7 heteroatoms. The zero-order chi connectivity index (χ0) is 17.0. The van der Waals surface area contributed by atoms with E-state index in [4.69, 9.17) is 14.1 Å². The van der Waals surface area contributed by atoms with Crippen molar-refractivity contribution in [1.29, 1.82) is 0 Å². The minimum absolute atomic E-state index is 0.0697. The van der Waals surface area contributed by atoms with E-state index in [1.54, 1.807) is 26.0 Å². The van der Waals surface area contributed by atoms with Gasteiger partial charge in [-0.15, -0.1) is 0 Å². The number of carbonyl (C=O) groups is 2. The number of rotatable bonds is 6. The van der Waals surface area contributed by atoms with Gasteiger partial charge in [-0.3, -0.25) is 4.79 Å². The lowest BCUT2D eigenvalue weighted by Crippen LogP contribution is -2.36. The number of ketones is 1. The smallest absolute Gasteiger partial charge is 0.526 e. The van der Waals surface area contributed by atoms with E-state index in [1.807, 2.05) is 0 Å². The fourth-order valence-corrected chi connectivity index (χ4v) is 2.68. The van der Waals surface area contributed by atoms with Crippen LogP contribution < -0.4 is 9.39 Å². The molecule has 1 atom stereocenters. The number of methoxy groups -OCH3 is 1. The topological polar surface area (TPSA) is 82.1 Å². The average Bonchev–Trinajstić information content (AvgIpc) is 2.54. The highest BCUT2D eigenvalue weighted by Gasteiger charge is 2.38. The van der Waals surface area contributed by atoms with Gasteiger partial charge < -0.3 is 19.2 Å². The van der Waals surface area contributed by atoms with Crippen LogP contribution in [0.5, 0.6) is 11.5 Å². The Bertz CT molecular complexity index is 600.